The van der Waals surface area contributed by atoms with Crippen LogP contribution < -0.4 is 10.1 Å². The van der Waals surface area contributed by atoms with Gasteiger partial charge in [-0.2, -0.15) is 0 Å². The summed E-state index contributed by atoms with van der Waals surface area (Å²) in [6.07, 6.45) is 0.958. The fourth-order valence-electron chi connectivity index (χ4n) is 3.26. The molecule has 2 bridgehead atoms. The van der Waals surface area contributed by atoms with Gasteiger partial charge >= 0.3 is 0 Å². The normalized spacial score (nSPS) is 30.5. The highest BCUT2D eigenvalue weighted by Gasteiger charge is 2.53. The molecule has 6 heteroatoms. The first-order chi connectivity index (χ1) is 9.90. The van der Waals surface area contributed by atoms with E-state index in [1.807, 2.05) is 13.8 Å². The monoisotopic (exact) mass is 328 g/mol. The van der Waals surface area contributed by atoms with Crippen molar-refractivity contribution in [3.63, 3.8) is 0 Å². The van der Waals surface area contributed by atoms with Crippen molar-refractivity contribution in [2.75, 3.05) is 6.54 Å². The van der Waals surface area contributed by atoms with Gasteiger partial charge in [-0.05, 0) is 37.7 Å². The molecule has 1 aromatic rings. The van der Waals surface area contributed by atoms with Crippen molar-refractivity contribution < 1.29 is 9.13 Å². The van der Waals surface area contributed by atoms with Crippen LogP contribution in [-0.4, -0.2) is 22.3 Å². The molecule has 0 aliphatic carbocycles. The summed E-state index contributed by atoms with van der Waals surface area (Å²) < 4.78 is 20.6. The van der Waals surface area contributed by atoms with E-state index >= 15 is 0 Å². The van der Waals surface area contributed by atoms with Gasteiger partial charge in [-0.3, -0.25) is 0 Å². The predicted octanol–water partition coefficient (Wildman–Crippen LogP) is 3.87. The summed E-state index contributed by atoms with van der Waals surface area (Å²) in [6.45, 7) is 6.96. The van der Waals surface area contributed by atoms with Crippen molar-refractivity contribution in [1.82, 2.24) is 10.2 Å². The van der Waals surface area contributed by atoms with Crippen LogP contribution in [0.15, 0.2) is 12.1 Å². The van der Waals surface area contributed by atoms with Crippen LogP contribution in [0.2, 0.25) is 5.02 Å². The third kappa shape index (κ3) is 2.01. The third-order valence-corrected chi connectivity index (χ3v) is 5.20. The number of benzene rings is 1. The highest BCUT2D eigenvalue weighted by molar-refractivity contribution is 7.80. The minimum absolute atomic E-state index is 0.0382. The van der Waals surface area contributed by atoms with Crippen molar-refractivity contribution in [1.29, 1.82) is 0 Å². The van der Waals surface area contributed by atoms with Gasteiger partial charge in [-0.15, -0.1) is 0 Å². The zero-order chi connectivity index (χ0) is 15.4. The zero-order valence-electron chi connectivity index (χ0n) is 12.2. The highest BCUT2D eigenvalue weighted by Crippen LogP contribution is 2.49. The van der Waals surface area contributed by atoms with Crippen LogP contribution in [0.3, 0.4) is 0 Å². The van der Waals surface area contributed by atoms with Crippen LogP contribution in [0, 0.1) is 11.7 Å². The fourth-order valence-corrected chi connectivity index (χ4v) is 3.82. The standard InChI is InChI=1S/C15H18ClFN2OS/c1-4-7-19-14(21)18-13-8(2)15(19,3)20-10-6-5-9(16)12(17)11(10)13/h5-6,8,13H,4,7H2,1-3H3,(H,18,21). The van der Waals surface area contributed by atoms with Crippen molar-refractivity contribution >= 4 is 28.9 Å². The van der Waals surface area contributed by atoms with Crippen molar-refractivity contribution in [2.24, 2.45) is 5.92 Å². The molecule has 3 atom stereocenters. The minimum Gasteiger partial charge on any atom is -0.467 e. The quantitative estimate of drug-likeness (QED) is 0.833. The van der Waals surface area contributed by atoms with Gasteiger partial charge in [0.05, 0.1) is 16.6 Å². The molecule has 1 aromatic carbocycles. The summed E-state index contributed by atoms with van der Waals surface area (Å²) in [4.78, 5) is 2.05. The maximum atomic E-state index is 14.4. The number of thiocarbonyl (C=S) groups is 1. The van der Waals surface area contributed by atoms with E-state index in [1.54, 1.807) is 6.07 Å². The largest absolute Gasteiger partial charge is 0.467 e. The smallest absolute Gasteiger partial charge is 0.186 e. The highest BCUT2D eigenvalue weighted by atomic mass is 35.5. The lowest BCUT2D eigenvalue weighted by Crippen LogP contribution is -2.69. The minimum atomic E-state index is -0.573. The fraction of sp³-hybridized carbons (Fsp3) is 0.533. The Morgan fingerprint density at radius 2 is 2.24 bits per heavy atom. The average molecular weight is 329 g/mol. The number of rotatable bonds is 2. The molecule has 3 unspecified atom stereocenters. The van der Waals surface area contributed by atoms with E-state index in [4.69, 9.17) is 28.6 Å². The number of nitrogens with zero attached hydrogens (tertiary/aromatic N) is 1. The van der Waals surface area contributed by atoms with Crippen LogP contribution in [0.4, 0.5) is 4.39 Å². The van der Waals surface area contributed by atoms with E-state index in [1.165, 1.54) is 6.07 Å². The molecule has 0 radical (unpaired) electrons. The molecule has 2 heterocycles. The molecular weight excluding hydrogens is 311 g/mol. The Labute approximate surface area is 134 Å². The van der Waals surface area contributed by atoms with E-state index in [2.05, 4.69) is 17.1 Å². The summed E-state index contributed by atoms with van der Waals surface area (Å²) >= 11 is 11.4. The molecule has 0 amide bonds. The summed E-state index contributed by atoms with van der Waals surface area (Å²) in [7, 11) is 0. The molecule has 1 N–H and O–H groups in total. The second kappa shape index (κ2) is 4.99. The number of ether oxygens (including phenoxy) is 1. The van der Waals surface area contributed by atoms with Gasteiger partial charge in [0, 0.05) is 12.5 Å². The van der Waals surface area contributed by atoms with E-state index < -0.39 is 11.5 Å². The number of hydrogen-bond donors (Lipinski definition) is 1. The molecule has 0 aromatic heterocycles. The lowest BCUT2D eigenvalue weighted by Gasteiger charge is -2.56. The lowest BCUT2D eigenvalue weighted by atomic mass is 9.80. The van der Waals surface area contributed by atoms with Crippen molar-refractivity contribution in [2.45, 2.75) is 39.0 Å². The predicted molar refractivity (Wildman–Crippen MR) is 85.1 cm³/mol. The van der Waals surface area contributed by atoms with Gasteiger partial charge in [0.15, 0.2) is 16.7 Å². The second-order valence-electron chi connectivity index (χ2n) is 5.80. The molecule has 0 spiro atoms. The van der Waals surface area contributed by atoms with E-state index in [0.29, 0.717) is 16.4 Å². The zero-order valence-corrected chi connectivity index (χ0v) is 13.8. The molecule has 2 aliphatic heterocycles. The summed E-state index contributed by atoms with van der Waals surface area (Å²) in [5.74, 6) is 0.155. The Bertz CT molecular complexity index is 612. The van der Waals surface area contributed by atoms with Crippen molar-refractivity contribution in [3.05, 3.63) is 28.5 Å². The SMILES string of the molecule is CCCN1C(=S)NC2c3c(ccc(Cl)c3F)OC1(C)C2C. The molecule has 3 rings (SSSR count). The molecule has 2 aliphatic rings. The topological polar surface area (TPSA) is 24.5 Å². The van der Waals surface area contributed by atoms with E-state index in [9.17, 15) is 4.39 Å². The molecule has 3 nitrogen and oxygen atoms in total. The second-order valence-corrected chi connectivity index (χ2v) is 6.59. The number of nitrogens with one attached hydrogen (secondary N) is 1. The molecular formula is C15H18ClFN2OS. The van der Waals surface area contributed by atoms with Crippen LogP contribution in [0.5, 0.6) is 5.75 Å². The van der Waals surface area contributed by atoms with Crippen LogP contribution in [-0.2, 0) is 0 Å². The van der Waals surface area contributed by atoms with E-state index in [-0.39, 0.29) is 17.0 Å². The molecule has 0 saturated carbocycles. The van der Waals surface area contributed by atoms with Gasteiger partial charge in [-0.25, -0.2) is 4.39 Å². The van der Waals surface area contributed by atoms with Crippen LogP contribution in [0.25, 0.3) is 0 Å². The summed E-state index contributed by atoms with van der Waals surface area (Å²) in [5.41, 5.74) is -0.0954. The van der Waals surface area contributed by atoms with Gasteiger partial charge < -0.3 is 15.0 Å². The van der Waals surface area contributed by atoms with Crippen molar-refractivity contribution in [3.8, 4) is 5.75 Å². The summed E-state index contributed by atoms with van der Waals surface area (Å²) in [6, 6.07) is 3.05. The lowest BCUT2D eigenvalue weighted by molar-refractivity contribution is -0.111. The van der Waals surface area contributed by atoms with Crippen LogP contribution in [0.1, 0.15) is 38.8 Å². The Hall–Kier alpha value is -1.07. The first-order valence-electron chi connectivity index (χ1n) is 7.15. The number of fused-ring (bicyclic) bond motifs is 4. The maximum Gasteiger partial charge on any atom is 0.186 e. The Kier molecular flexibility index (Phi) is 3.53. The van der Waals surface area contributed by atoms with Gasteiger partial charge in [-0.1, -0.05) is 25.4 Å². The summed E-state index contributed by atoms with van der Waals surface area (Å²) in [5, 5.41) is 3.97. The Morgan fingerprint density at radius 3 is 2.90 bits per heavy atom. The Morgan fingerprint density at radius 1 is 1.52 bits per heavy atom. The number of halogens is 2. The average Bonchev–Trinajstić information content (AvgIpc) is 2.43. The maximum absolute atomic E-state index is 14.4. The van der Waals surface area contributed by atoms with Gasteiger partial charge in [0.25, 0.3) is 0 Å². The molecule has 21 heavy (non-hydrogen) atoms. The Balaban J connectivity index is 2.14. The van der Waals surface area contributed by atoms with Gasteiger partial charge in [0.2, 0.25) is 0 Å². The molecule has 1 saturated heterocycles. The first kappa shape index (κ1) is 14.9. The molecule has 114 valence electrons. The van der Waals surface area contributed by atoms with Gasteiger partial charge in [0.1, 0.15) is 5.75 Å². The first-order valence-corrected chi connectivity index (χ1v) is 7.93. The number of hydrogen-bond acceptors (Lipinski definition) is 2. The third-order valence-electron chi connectivity index (χ3n) is 4.57. The van der Waals surface area contributed by atoms with E-state index in [0.717, 1.165) is 13.0 Å². The molecule has 1 fully saturated rings. The van der Waals surface area contributed by atoms with Crippen LogP contribution >= 0.6 is 23.8 Å².